The molecule has 0 amide bonds. The smallest absolute Gasteiger partial charge is 0.330 e. The molecule has 16 heavy (non-hydrogen) atoms. The summed E-state index contributed by atoms with van der Waals surface area (Å²) in [7, 11) is 1.33. The first-order valence-electron chi connectivity index (χ1n) is 4.77. The molecular weight excluding hydrogens is 206 g/mol. The van der Waals surface area contributed by atoms with E-state index in [1.165, 1.54) is 13.2 Å². The third-order valence-corrected chi connectivity index (χ3v) is 2.30. The number of nitrogens with one attached hydrogen (secondary N) is 1. The molecule has 1 aromatic carbocycles. The van der Waals surface area contributed by atoms with E-state index in [0.717, 1.165) is 16.5 Å². The summed E-state index contributed by atoms with van der Waals surface area (Å²) in [5.41, 5.74) is 1.70. The highest BCUT2D eigenvalue weighted by Gasteiger charge is 2.02. The zero-order valence-electron chi connectivity index (χ0n) is 8.73. The van der Waals surface area contributed by atoms with Gasteiger partial charge in [0, 0.05) is 34.8 Å². The van der Waals surface area contributed by atoms with Crippen LogP contribution in [0, 0.1) is 0 Å². The van der Waals surface area contributed by atoms with E-state index in [-0.39, 0.29) is 5.75 Å². The SMILES string of the molecule is COC(=O)/C=C/c1c[nH]c2cc(O)ccc12. The van der Waals surface area contributed by atoms with E-state index in [0.29, 0.717) is 0 Å². The Labute approximate surface area is 92.2 Å². The predicted octanol–water partition coefficient (Wildman–Crippen LogP) is 2.06. The van der Waals surface area contributed by atoms with Crippen LogP contribution in [-0.4, -0.2) is 23.2 Å². The van der Waals surface area contributed by atoms with E-state index in [9.17, 15) is 9.90 Å². The van der Waals surface area contributed by atoms with Crippen molar-refractivity contribution >= 4 is 22.9 Å². The van der Waals surface area contributed by atoms with Crippen molar-refractivity contribution in [1.29, 1.82) is 0 Å². The number of aromatic nitrogens is 1. The highest BCUT2D eigenvalue weighted by Crippen LogP contribution is 2.23. The molecule has 4 nitrogen and oxygen atoms in total. The lowest BCUT2D eigenvalue weighted by atomic mass is 10.1. The number of phenols is 1. The van der Waals surface area contributed by atoms with E-state index in [1.807, 2.05) is 0 Å². The number of rotatable bonds is 2. The van der Waals surface area contributed by atoms with Crippen molar-refractivity contribution in [2.45, 2.75) is 0 Å². The lowest BCUT2D eigenvalue weighted by Gasteiger charge is -1.93. The quantitative estimate of drug-likeness (QED) is 0.597. The first kappa shape index (κ1) is 10.3. The summed E-state index contributed by atoms with van der Waals surface area (Å²) in [5, 5.41) is 10.2. The number of fused-ring (bicyclic) bond motifs is 1. The van der Waals surface area contributed by atoms with Gasteiger partial charge in [-0.3, -0.25) is 0 Å². The first-order chi connectivity index (χ1) is 7.70. The van der Waals surface area contributed by atoms with Gasteiger partial charge in [0.05, 0.1) is 7.11 Å². The maximum Gasteiger partial charge on any atom is 0.330 e. The molecule has 0 aliphatic carbocycles. The Balaban J connectivity index is 2.39. The van der Waals surface area contributed by atoms with Gasteiger partial charge in [-0.2, -0.15) is 0 Å². The minimum Gasteiger partial charge on any atom is -0.508 e. The van der Waals surface area contributed by atoms with E-state index < -0.39 is 5.97 Å². The van der Waals surface area contributed by atoms with E-state index in [4.69, 9.17) is 0 Å². The van der Waals surface area contributed by atoms with Crippen molar-refractivity contribution in [3.8, 4) is 5.75 Å². The summed E-state index contributed by atoms with van der Waals surface area (Å²) in [6, 6.07) is 5.02. The zero-order valence-corrected chi connectivity index (χ0v) is 8.73. The normalized spacial score (nSPS) is 11.1. The molecule has 0 bridgehead atoms. The summed E-state index contributed by atoms with van der Waals surface area (Å²) in [4.78, 5) is 13.9. The van der Waals surface area contributed by atoms with Crippen LogP contribution in [0.15, 0.2) is 30.5 Å². The summed E-state index contributed by atoms with van der Waals surface area (Å²) >= 11 is 0. The highest BCUT2D eigenvalue weighted by molar-refractivity contribution is 5.94. The average Bonchev–Trinajstić information content (AvgIpc) is 2.68. The standard InChI is InChI=1S/C12H11NO3/c1-16-12(15)5-2-8-7-13-11-6-9(14)3-4-10(8)11/h2-7,13-14H,1H3/b5-2+. The van der Waals surface area contributed by atoms with Crippen molar-refractivity contribution < 1.29 is 14.6 Å². The number of phenolic OH excluding ortho intramolecular Hbond substituents is 1. The van der Waals surface area contributed by atoms with Crippen LogP contribution in [0.3, 0.4) is 0 Å². The van der Waals surface area contributed by atoms with Gasteiger partial charge in [-0.15, -0.1) is 0 Å². The predicted molar refractivity (Wildman–Crippen MR) is 61.0 cm³/mol. The number of benzene rings is 1. The Morgan fingerprint density at radius 3 is 3.06 bits per heavy atom. The van der Waals surface area contributed by atoms with E-state index >= 15 is 0 Å². The monoisotopic (exact) mass is 217 g/mol. The maximum atomic E-state index is 10.9. The molecule has 0 aliphatic rings. The highest BCUT2D eigenvalue weighted by atomic mass is 16.5. The number of H-pyrrole nitrogens is 1. The molecule has 4 heteroatoms. The van der Waals surface area contributed by atoms with Crippen LogP contribution in [0.2, 0.25) is 0 Å². The number of hydrogen-bond acceptors (Lipinski definition) is 3. The summed E-state index contributed by atoms with van der Waals surface area (Å²) in [6.45, 7) is 0. The molecule has 0 atom stereocenters. The van der Waals surface area contributed by atoms with Gasteiger partial charge in [0.15, 0.2) is 0 Å². The molecule has 0 radical (unpaired) electrons. The minimum absolute atomic E-state index is 0.206. The Hall–Kier alpha value is -2.23. The van der Waals surface area contributed by atoms with Gasteiger partial charge >= 0.3 is 5.97 Å². The van der Waals surface area contributed by atoms with Crippen LogP contribution in [-0.2, 0) is 9.53 Å². The summed E-state index contributed by atoms with van der Waals surface area (Å²) in [5.74, 6) is -0.189. The van der Waals surface area contributed by atoms with Crippen molar-refractivity contribution in [2.75, 3.05) is 7.11 Å². The van der Waals surface area contributed by atoms with Crippen LogP contribution >= 0.6 is 0 Å². The van der Waals surface area contributed by atoms with Crippen molar-refractivity contribution in [1.82, 2.24) is 4.98 Å². The zero-order chi connectivity index (χ0) is 11.5. The molecular formula is C12H11NO3. The van der Waals surface area contributed by atoms with Crippen LogP contribution < -0.4 is 0 Å². The summed E-state index contributed by atoms with van der Waals surface area (Å²) in [6.07, 6.45) is 4.79. The van der Waals surface area contributed by atoms with Crippen LogP contribution in [0.1, 0.15) is 5.56 Å². The van der Waals surface area contributed by atoms with E-state index in [1.54, 1.807) is 30.5 Å². The van der Waals surface area contributed by atoms with Gasteiger partial charge in [0.25, 0.3) is 0 Å². The average molecular weight is 217 g/mol. The van der Waals surface area contributed by atoms with Crippen molar-refractivity contribution in [3.05, 3.63) is 36.0 Å². The fraction of sp³-hybridized carbons (Fsp3) is 0.0833. The van der Waals surface area contributed by atoms with Gasteiger partial charge in [-0.05, 0) is 18.2 Å². The van der Waals surface area contributed by atoms with Gasteiger partial charge in [-0.25, -0.2) is 4.79 Å². The second-order valence-corrected chi connectivity index (χ2v) is 3.33. The Morgan fingerprint density at radius 1 is 1.50 bits per heavy atom. The Bertz CT molecular complexity index is 554. The first-order valence-corrected chi connectivity index (χ1v) is 4.77. The second-order valence-electron chi connectivity index (χ2n) is 3.33. The number of ether oxygens (including phenoxy) is 1. The molecule has 2 aromatic rings. The van der Waals surface area contributed by atoms with Gasteiger partial charge in [0.1, 0.15) is 5.75 Å². The van der Waals surface area contributed by atoms with Crippen LogP contribution in [0.5, 0.6) is 5.75 Å². The molecule has 0 saturated heterocycles. The topological polar surface area (TPSA) is 62.3 Å². The van der Waals surface area contributed by atoms with Gasteiger partial charge in [-0.1, -0.05) is 0 Å². The van der Waals surface area contributed by atoms with Gasteiger partial charge < -0.3 is 14.8 Å². The van der Waals surface area contributed by atoms with Crippen molar-refractivity contribution in [3.63, 3.8) is 0 Å². The molecule has 0 fully saturated rings. The number of hydrogen-bond donors (Lipinski definition) is 2. The van der Waals surface area contributed by atoms with Crippen LogP contribution in [0.25, 0.3) is 17.0 Å². The lowest BCUT2D eigenvalue weighted by molar-refractivity contribution is -0.134. The number of aromatic hydroxyl groups is 1. The molecule has 2 N–H and O–H groups in total. The third-order valence-electron chi connectivity index (χ3n) is 2.30. The van der Waals surface area contributed by atoms with E-state index in [2.05, 4.69) is 9.72 Å². The molecule has 0 spiro atoms. The molecule has 0 unspecified atom stereocenters. The maximum absolute atomic E-state index is 10.9. The third kappa shape index (κ3) is 1.91. The number of esters is 1. The Kier molecular flexibility index (Phi) is 2.64. The molecule has 82 valence electrons. The summed E-state index contributed by atoms with van der Waals surface area (Å²) < 4.78 is 4.50. The molecule has 2 rings (SSSR count). The minimum atomic E-state index is -0.395. The molecule has 0 saturated carbocycles. The number of carbonyl (C=O) groups excluding carboxylic acids is 1. The largest absolute Gasteiger partial charge is 0.508 e. The Morgan fingerprint density at radius 2 is 2.31 bits per heavy atom. The van der Waals surface area contributed by atoms with Crippen LogP contribution in [0.4, 0.5) is 0 Å². The number of methoxy groups -OCH3 is 1. The fourth-order valence-corrected chi connectivity index (χ4v) is 1.50. The molecule has 1 heterocycles. The number of aromatic amines is 1. The molecule has 0 aliphatic heterocycles. The van der Waals surface area contributed by atoms with Gasteiger partial charge in [0.2, 0.25) is 0 Å². The molecule has 1 aromatic heterocycles. The number of carbonyl (C=O) groups is 1. The fourth-order valence-electron chi connectivity index (χ4n) is 1.50. The lowest BCUT2D eigenvalue weighted by Crippen LogP contribution is -1.92. The van der Waals surface area contributed by atoms with Crippen molar-refractivity contribution in [2.24, 2.45) is 0 Å². The second kappa shape index (κ2) is 4.10.